The van der Waals surface area contributed by atoms with Crippen molar-refractivity contribution in [3.05, 3.63) is 29.3 Å². The molecule has 1 fully saturated rings. The first-order valence-electron chi connectivity index (χ1n) is 6.89. The highest BCUT2D eigenvalue weighted by atomic mass is 32.2. The van der Waals surface area contributed by atoms with Gasteiger partial charge in [0, 0.05) is 19.7 Å². The molecule has 1 aliphatic heterocycles. The van der Waals surface area contributed by atoms with Crippen molar-refractivity contribution < 1.29 is 13.5 Å². The zero-order chi connectivity index (χ0) is 14.8. The number of aryl methyl sites for hydroxylation is 1. The molecule has 0 unspecified atom stereocenters. The normalized spacial score (nSPS) is 18.1. The summed E-state index contributed by atoms with van der Waals surface area (Å²) in [6.07, 6.45) is 1.43. The first-order valence-corrected chi connectivity index (χ1v) is 8.33. The van der Waals surface area contributed by atoms with E-state index in [0.717, 1.165) is 11.1 Å². The molecule has 0 atom stereocenters. The molecule has 0 bridgehead atoms. The summed E-state index contributed by atoms with van der Waals surface area (Å²) in [6.45, 7) is 4.93. The molecule has 1 aromatic rings. The SMILES string of the molecule is Cc1cccc(NS(=O)(=O)N2CCC(CO)CC2)c1C. The van der Waals surface area contributed by atoms with E-state index in [1.54, 1.807) is 6.07 Å². The molecular formula is C14H22N2O3S. The highest BCUT2D eigenvalue weighted by Crippen LogP contribution is 2.23. The van der Waals surface area contributed by atoms with Crippen LogP contribution in [-0.2, 0) is 10.2 Å². The standard InChI is InChI=1S/C14H22N2O3S/c1-11-4-3-5-14(12(11)2)15-20(18,19)16-8-6-13(10-17)7-9-16/h3-5,13,15,17H,6-10H2,1-2H3. The quantitative estimate of drug-likeness (QED) is 0.888. The first kappa shape index (κ1) is 15.3. The molecule has 1 heterocycles. The molecule has 2 rings (SSSR count). The van der Waals surface area contributed by atoms with Crippen LogP contribution in [-0.4, -0.2) is 37.5 Å². The molecule has 112 valence electrons. The lowest BCUT2D eigenvalue weighted by atomic mass is 10.00. The van der Waals surface area contributed by atoms with Crippen LogP contribution in [0.4, 0.5) is 5.69 Å². The Balaban J connectivity index is 2.10. The maximum atomic E-state index is 12.4. The Morgan fingerprint density at radius 1 is 1.30 bits per heavy atom. The Hall–Kier alpha value is -1.11. The van der Waals surface area contributed by atoms with Gasteiger partial charge in [0.05, 0.1) is 5.69 Å². The number of benzene rings is 1. The molecule has 1 aromatic carbocycles. The summed E-state index contributed by atoms with van der Waals surface area (Å²) in [4.78, 5) is 0. The second-order valence-electron chi connectivity index (χ2n) is 5.38. The van der Waals surface area contributed by atoms with E-state index in [0.29, 0.717) is 31.6 Å². The van der Waals surface area contributed by atoms with Crippen LogP contribution in [0.1, 0.15) is 24.0 Å². The molecule has 6 heteroatoms. The van der Waals surface area contributed by atoms with Gasteiger partial charge in [-0.2, -0.15) is 12.7 Å². The molecule has 20 heavy (non-hydrogen) atoms. The molecule has 2 N–H and O–H groups in total. The van der Waals surface area contributed by atoms with Gasteiger partial charge in [-0.05, 0) is 49.8 Å². The fourth-order valence-corrected chi connectivity index (χ4v) is 3.72. The topological polar surface area (TPSA) is 69.6 Å². The first-order chi connectivity index (χ1) is 9.44. The Bertz CT molecular complexity index is 564. The lowest BCUT2D eigenvalue weighted by Crippen LogP contribution is -2.42. The lowest BCUT2D eigenvalue weighted by molar-refractivity contribution is 0.170. The predicted octanol–water partition coefficient (Wildman–Crippen LogP) is 1.66. The number of hydrogen-bond acceptors (Lipinski definition) is 3. The minimum absolute atomic E-state index is 0.137. The van der Waals surface area contributed by atoms with Gasteiger partial charge in [-0.15, -0.1) is 0 Å². The Labute approximate surface area is 120 Å². The predicted molar refractivity (Wildman–Crippen MR) is 79.8 cm³/mol. The molecule has 0 aliphatic carbocycles. The third kappa shape index (κ3) is 3.31. The number of anilines is 1. The van der Waals surface area contributed by atoms with Gasteiger partial charge >= 0.3 is 10.2 Å². The zero-order valence-corrected chi connectivity index (χ0v) is 12.8. The number of rotatable bonds is 4. The van der Waals surface area contributed by atoms with Crippen LogP contribution in [0, 0.1) is 19.8 Å². The van der Waals surface area contributed by atoms with Gasteiger partial charge in [0.25, 0.3) is 0 Å². The molecule has 0 amide bonds. The van der Waals surface area contributed by atoms with Crippen LogP contribution in [0.5, 0.6) is 0 Å². The van der Waals surface area contributed by atoms with Crippen LogP contribution >= 0.6 is 0 Å². The monoisotopic (exact) mass is 298 g/mol. The van der Waals surface area contributed by atoms with E-state index in [4.69, 9.17) is 5.11 Å². The molecule has 5 nitrogen and oxygen atoms in total. The van der Waals surface area contributed by atoms with Gasteiger partial charge in [-0.1, -0.05) is 12.1 Å². The van der Waals surface area contributed by atoms with Crippen molar-refractivity contribution in [3.63, 3.8) is 0 Å². The smallest absolute Gasteiger partial charge is 0.301 e. The van der Waals surface area contributed by atoms with Crippen LogP contribution in [0.3, 0.4) is 0 Å². The van der Waals surface area contributed by atoms with Crippen molar-refractivity contribution in [2.45, 2.75) is 26.7 Å². The van der Waals surface area contributed by atoms with Crippen molar-refractivity contribution in [2.75, 3.05) is 24.4 Å². The molecule has 0 radical (unpaired) electrons. The van der Waals surface area contributed by atoms with Crippen molar-refractivity contribution >= 4 is 15.9 Å². The molecule has 1 saturated heterocycles. The van der Waals surface area contributed by atoms with E-state index >= 15 is 0 Å². The number of aliphatic hydroxyl groups is 1. The average molecular weight is 298 g/mol. The highest BCUT2D eigenvalue weighted by molar-refractivity contribution is 7.90. The van der Waals surface area contributed by atoms with Crippen LogP contribution < -0.4 is 4.72 Å². The van der Waals surface area contributed by atoms with E-state index < -0.39 is 10.2 Å². The minimum Gasteiger partial charge on any atom is -0.396 e. The zero-order valence-electron chi connectivity index (χ0n) is 12.0. The maximum Gasteiger partial charge on any atom is 0.301 e. The summed E-state index contributed by atoms with van der Waals surface area (Å²) in [6, 6.07) is 5.58. The molecule has 0 spiro atoms. The van der Waals surface area contributed by atoms with Crippen LogP contribution in [0.15, 0.2) is 18.2 Å². The number of piperidine rings is 1. The van der Waals surface area contributed by atoms with Crippen LogP contribution in [0.2, 0.25) is 0 Å². The van der Waals surface area contributed by atoms with E-state index in [-0.39, 0.29) is 12.5 Å². The summed E-state index contributed by atoms with van der Waals surface area (Å²) in [5, 5.41) is 9.10. The minimum atomic E-state index is -3.51. The Morgan fingerprint density at radius 2 is 1.95 bits per heavy atom. The van der Waals surface area contributed by atoms with E-state index in [2.05, 4.69) is 4.72 Å². The second-order valence-corrected chi connectivity index (χ2v) is 7.05. The van der Waals surface area contributed by atoms with Gasteiger partial charge < -0.3 is 5.11 Å². The summed E-state index contributed by atoms with van der Waals surface area (Å²) in [7, 11) is -3.51. The number of nitrogens with one attached hydrogen (secondary N) is 1. The van der Waals surface area contributed by atoms with Gasteiger partial charge in [-0.25, -0.2) is 0 Å². The van der Waals surface area contributed by atoms with E-state index in [1.165, 1.54) is 4.31 Å². The van der Waals surface area contributed by atoms with Gasteiger partial charge in [-0.3, -0.25) is 4.72 Å². The largest absolute Gasteiger partial charge is 0.396 e. The van der Waals surface area contributed by atoms with Crippen molar-refractivity contribution in [1.29, 1.82) is 0 Å². The third-order valence-corrected chi connectivity index (χ3v) is 5.54. The average Bonchev–Trinajstić information content (AvgIpc) is 2.44. The fourth-order valence-electron chi connectivity index (χ4n) is 2.40. The summed E-state index contributed by atoms with van der Waals surface area (Å²) < 4.78 is 28.9. The summed E-state index contributed by atoms with van der Waals surface area (Å²) >= 11 is 0. The molecule has 0 aromatic heterocycles. The summed E-state index contributed by atoms with van der Waals surface area (Å²) in [5.41, 5.74) is 2.64. The fraction of sp³-hybridized carbons (Fsp3) is 0.571. The third-order valence-electron chi connectivity index (χ3n) is 4.02. The van der Waals surface area contributed by atoms with Gasteiger partial charge in [0.2, 0.25) is 0 Å². The van der Waals surface area contributed by atoms with Crippen molar-refractivity contribution in [3.8, 4) is 0 Å². The number of aliphatic hydroxyl groups excluding tert-OH is 1. The number of hydrogen-bond donors (Lipinski definition) is 2. The molecule has 0 saturated carbocycles. The lowest BCUT2D eigenvalue weighted by Gasteiger charge is -2.30. The summed E-state index contributed by atoms with van der Waals surface area (Å²) in [5.74, 6) is 0.224. The highest BCUT2D eigenvalue weighted by Gasteiger charge is 2.27. The van der Waals surface area contributed by atoms with E-state index in [1.807, 2.05) is 26.0 Å². The van der Waals surface area contributed by atoms with Crippen molar-refractivity contribution in [1.82, 2.24) is 4.31 Å². The Kier molecular flexibility index (Phi) is 4.67. The molecular weight excluding hydrogens is 276 g/mol. The maximum absolute atomic E-state index is 12.4. The van der Waals surface area contributed by atoms with Gasteiger partial charge in [0.1, 0.15) is 0 Å². The van der Waals surface area contributed by atoms with Crippen molar-refractivity contribution in [2.24, 2.45) is 5.92 Å². The van der Waals surface area contributed by atoms with Gasteiger partial charge in [0.15, 0.2) is 0 Å². The number of nitrogens with zero attached hydrogens (tertiary/aromatic N) is 1. The van der Waals surface area contributed by atoms with Crippen LogP contribution in [0.25, 0.3) is 0 Å². The second kappa shape index (κ2) is 6.11. The molecule has 1 aliphatic rings. The Morgan fingerprint density at radius 3 is 2.55 bits per heavy atom. The van der Waals surface area contributed by atoms with E-state index in [9.17, 15) is 8.42 Å².